The van der Waals surface area contributed by atoms with Crippen LogP contribution in [0, 0.1) is 5.82 Å². The summed E-state index contributed by atoms with van der Waals surface area (Å²) in [5.74, 6) is -0.906. The number of amides is 1. The average molecular weight is 494 g/mol. The fraction of sp³-hybridized carbons (Fsp3) is 0.350. The maximum absolute atomic E-state index is 13.2. The molecule has 0 atom stereocenters. The van der Waals surface area contributed by atoms with Gasteiger partial charge in [0, 0.05) is 31.9 Å². The number of hydrogen-bond donors (Lipinski definition) is 0. The molecule has 1 amide bonds. The van der Waals surface area contributed by atoms with Crippen LogP contribution < -0.4 is 9.21 Å². The zero-order valence-electron chi connectivity index (χ0n) is 16.9. The quantitative estimate of drug-likeness (QED) is 0.597. The number of carbonyl (C=O) groups excluding carboxylic acids is 1. The Morgan fingerprint density at radius 3 is 2.19 bits per heavy atom. The van der Waals surface area contributed by atoms with Gasteiger partial charge in [-0.2, -0.15) is 13.2 Å². The molecule has 0 radical (unpaired) electrons. The maximum Gasteiger partial charge on any atom is 0.417 e. The van der Waals surface area contributed by atoms with Crippen LogP contribution in [0.1, 0.15) is 5.56 Å². The number of sulfonamides is 1. The zero-order valence-corrected chi connectivity index (χ0v) is 18.5. The molecule has 0 spiro atoms. The van der Waals surface area contributed by atoms with Crippen molar-refractivity contribution in [3.05, 3.63) is 58.9 Å². The van der Waals surface area contributed by atoms with Crippen molar-refractivity contribution in [3.8, 4) is 0 Å². The first-order valence-electron chi connectivity index (χ1n) is 9.49. The van der Waals surface area contributed by atoms with Gasteiger partial charge in [-0.1, -0.05) is 11.6 Å². The summed E-state index contributed by atoms with van der Waals surface area (Å²) >= 11 is 5.61. The van der Waals surface area contributed by atoms with Gasteiger partial charge in [-0.05, 0) is 42.5 Å². The summed E-state index contributed by atoms with van der Waals surface area (Å²) in [4.78, 5) is 16.2. The van der Waals surface area contributed by atoms with E-state index < -0.39 is 39.2 Å². The largest absolute Gasteiger partial charge is 0.417 e. The highest BCUT2D eigenvalue weighted by molar-refractivity contribution is 7.92. The summed E-state index contributed by atoms with van der Waals surface area (Å²) in [5, 5.41) is -0.571. The molecule has 2 aromatic rings. The second-order valence-electron chi connectivity index (χ2n) is 7.28. The molecule has 1 fully saturated rings. The number of hydrogen-bond acceptors (Lipinski definition) is 4. The third-order valence-electron chi connectivity index (χ3n) is 5.05. The molecule has 0 aliphatic carbocycles. The molecule has 1 saturated heterocycles. The summed E-state index contributed by atoms with van der Waals surface area (Å²) in [6.45, 7) is 0.795. The van der Waals surface area contributed by atoms with Gasteiger partial charge >= 0.3 is 6.18 Å². The van der Waals surface area contributed by atoms with Crippen molar-refractivity contribution in [2.24, 2.45) is 0 Å². The smallest absolute Gasteiger partial charge is 0.368 e. The van der Waals surface area contributed by atoms with Crippen molar-refractivity contribution in [1.29, 1.82) is 0 Å². The zero-order chi connectivity index (χ0) is 23.7. The fourth-order valence-corrected chi connectivity index (χ4v) is 4.44. The van der Waals surface area contributed by atoms with Gasteiger partial charge in [-0.15, -0.1) is 0 Å². The van der Waals surface area contributed by atoms with Crippen LogP contribution in [0.5, 0.6) is 0 Å². The molecule has 3 rings (SSSR count). The molecule has 0 saturated carbocycles. The van der Waals surface area contributed by atoms with E-state index in [1.54, 1.807) is 12.1 Å². The third kappa shape index (κ3) is 5.63. The Morgan fingerprint density at radius 2 is 1.66 bits per heavy atom. The molecule has 1 heterocycles. The van der Waals surface area contributed by atoms with E-state index >= 15 is 0 Å². The number of anilines is 2. The maximum atomic E-state index is 13.2. The van der Waals surface area contributed by atoms with Crippen LogP contribution in [0.3, 0.4) is 0 Å². The number of carbonyl (C=O) groups is 1. The monoisotopic (exact) mass is 493 g/mol. The summed E-state index contributed by atoms with van der Waals surface area (Å²) in [5.41, 5.74) is -0.703. The lowest BCUT2D eigenvalue weighted by Crippen LogP contribution is -2.52. The predicted octanol–water partition coefficient (Wildman–Crippen LogP) is 3.61. The van der Waals surface area contributed by atoms with Gasteiger partial charge in [0.2, 0.25) is 15.9 Å². The Bertz CT molecular complexity index is 1090. The minimum absolute atomic E-state index is 0.280. The van der Waals surface area contributed by atoms with Gasteiger partial charge in [-0.3, -0.25) is 9.10 Å². The third-order valence-corrected chi connectivity index (χ3v) is 6.52. The summed E-state index contributed by atoms with van der Waals surface area (Å²) < 4.78 is 77.8. The summed E-state index contributed by atoms with van der Waals surface area (Å²) in [6, 6.07) is 8.59. The summed E-state index contributed by atoms with van der Waals surface area (Å²) in [6.07, 6.45) is -3.97. The topological polar surface area (TPSA) is 60.9 Å². The SMILES string of the molecule is CS(=O)(=O)N(CC(=O)N1CCN(c2ccc(F)cc2)CC1)c1ccc(Cl)c(C(F)(F)F)c1. The van der Waals surface area contributed by atoms with Crippen molar-refractivity contribution in [2.75, 3.05) is 48.2 Å². The summed E-state index contributed by atoms with van der Waals surface area (Å²) in [7, 11) is -4.06. The lowest BCUT2D eigenvalue weighted by atomic mass is 10.2. The molecule has 6 nitrogen and oxygen atoms in total. The Balaban J connectivity index is 1.74. The van der Waals surface area contributed by atoms with Crippen molar-refractivity contribution in [2.45, 2.75) is 6.18 Å². The number of rotatable bonds is 5. The second kappa shape index (κ2) is 9.14. The molecule has 0 N–H and O–H groups in total. The molecule has 2 aromatic carbocycles. The normalized spacial score (nSPS) is 15.1. The Hall–Kier alpha value is -2.53. The first-order valence-corrected chi connectivity index (χ1v) is 11.7. The Morgan fingerprint density at radius 1 is 1.06 bits per heavy atom. The van der Waals surface area contributed by atoms with Gasteiger partial charge in [0.25, 0.3) is 0 Å². The molecule has 1 aliphatic heterocycles. The van der Waals surface area contributed by atoms with E-state index in [1.165, 1.54) is 17.0 Å². The Labute approximate surface area is 188 Å². The van der Waals surface area contributed by atoms with E-state index in [9.17, 15) is 30.8 Å². The van der Waals surface area contributed by atoms with Gasteiger partial charge in [0.05, 0.1) is 22.5 Å². The van der Waals surface area contributed by atoms with Gasteiger partial charge < -0.3 is 9.80 Å². The first-order chi connectivity index (χ1) is 14.9. The average Bonchev–Trinajstić information content (AvgIpc) is 2.71. The number of alkyl halides is 3. The van der Waals surface area contributed by atoms with Crippen LogP contribution in [0.4, 0.5) is 28.9 Å². The molecule has 12 heteroatoms. The van der Waals surface area contributed by atoms with Crippen molar-refractivity contribution in [3.63, 3.8) is 0 Å². The first kappa shape index (κ1) is 24.1. The standard InChI is InChI=1S/C20H20ClF4N3O3S/c1-32(30,31)28(16-6-7-18(21)17(12-16)20(23,24)25)13-19(29)27-10-8-26(9-11-27)15-4-2-14(22)3-5-15/h2-7,12H,8-11,13H2,1H3. The van der Waals surface area contributed by atoms with E-state index in [0.717, 1.165) is 24.1 Å². The number of benzene rings is 2. The van der Waals surface area contributed by atoms with Crippen LogP contribution in [0.25, 0.3) is 0 Å². The fourth-order valence-electron chi connectivity index (χ4n) is 3.37. The van der Waals surface area contributed by atoms with Gasteiger partial charge in [-0.25, -0.2) is 12.8 Å². The highest BCUT2D eigenvalue weighted by atomic mass is 35.5. The van der Waals surface area contributed by atoms with Crippen LogP contribution in [0.2, 0.25) is 5.02 Å². The minimum Gasteiger partial charge on any atom is -0.368 e. The van der Waals surface area contributed by atoms with E-state index in [2.05, 4.69) is 0 Å². The van der Waals surface area contributed by atoms with E-state index in [0.29, 0.717) is 23.5 Å². The van der Waals surface area contributed by atoms with Gasteiger partial charge in [0.15, 0.2) is 0 Å². The molecule has 0 unspecified atom stereocenters. The van der Waals surface area contributed by atoms with Crippen LogP contribution >= 0.6 is 11.6 Å². The van der Waals surface area contributed by atoms with Crippen molar-refractivity contribution >= 4 is 38.9 Å². The van der Waals surface area contributed by atoms with Crippen LogP contribution in [-0.2, 0) is 21.0 Å². The second-order valence-corrected chi connectivity index (χ2v) is 9.59. The molecular weight excluding hydrogens is 474 g/mol. The van der Waals surface area contributed by atoms with Gasteiger partial charge in [0.1, 0.15) is 12.4 Å². The molecular formula is C20H20ClF4N3O3S. The Kier molecular flexibility index (Phi) is 6.89. The van der Waals surface area contributed by atoms with E-state index in [1.807, 2.05) is 4.90 Å². The highest BCUT2D eigenvalue weighted by Gasteiger charge is 2.35. The predicted molar refractivity (Wildman–Crippen MR) is 114 cm³/mol. The highest BCUT2D eigenvalue weighted by Crippen LogP contribution is 2.37. The molecule has 32 heavy (non-hydrogen) atoms. The molecule has 0 bridgehead atoms. The minimum atomic E-state index is -4.78. The number of halogens is 5. The number of piperazine rings is 1. The van der Waals surface area contributed by atoms with Crippen molar-refractivity contribution in [1.82, 2.24) is 4.90 Å². The molecule has 0 aromatic heterocycles. The number of nitrogens with zero attached hydrogens (tertiary/aromatic N) is 3. The lowest BCUT2D eigenvalue weighted by Gasteiger charge is -2.37. The van der Waals surface area contributed by atoms with Crippen LogP contribution in [-0.4, -0.2) is 58.2 Å². The van der Waals surface area contributed by atoms with E-state index in [-0.39, 0.29) is 24.6 Å². The molecule has 174 valence electrons. The lowest BCUT2D eigenvalue weighted by molar-refractivity contribution is -0.137. The van der Waals surface area contributed by atoms with E-state index in [4.69, 9.17) is 11.6 Å². The van der Waals surface area contributed by atoms with Crippen molar-refractivity contribution < 1.29 is 30.8 Å². The van der Waals surface area contributed by atoms with Crippen LogP contribution in [0.15, 0.2) is 42.5 Å². The molecule has 1 aliphatic rings.